The summed E-state index contributed by atoms with van der Waals surface area (Å²) in [6.07, 6.45) is 0.667. The smallest absolute Gasteiger partial charge is 0.258 e. The highest BCUT2D eigenvalue weighted by molar-refractivity contribution is 6.30. The van der Waals surface area contributed by atoms with Crippen molar-refractivity contribution in [2.75, 3.05) is 13.2 Å². The maximum Gasteiger partial charge on any atom is 0.258 e. The van der Waals surface area contributed by atoms with Crippen molar-refractivity contribution in [3.8, 4) is 5.75 Å². The van der Waals surface area contributed by atoms with Gasteiger partial charge in [-0.3, -0.25) is 4.79 Å². The fraction of sp³-hybridized carbons (Fsp3) is 0.533. The second-order valence-corrected chi connectivity index (χ2v) is 5.62. The number of ether oxygens (including phenoxy) is 1. The normalized spacial score (nSPS) is 12.3. The van der Waals surface area contributed by atoms with Crippen LogP contribution in [0.5, 0.6) is 5.75 Å². The number of amides is 1. The summed E-state index contributed by atoms with van der Waals surface area (Å²) < 4.78 is 5.56. The lowest BCUT2D eigenvalue weighted by Crippen LogP contribution is -2.39. The lowest BCUT2D eigenvalue weighted by Gasteiger charge is -2.18. The van der Waals surface area contributed by atoms with Crippen LogP contribution in [-0.2, 0) is 11.2 Å². The van der Waals surface area contributed by atoms with Crippen molar-refractivity contribution in [2.45, 2.75) is 33.2 Å². The van der Waals surface area contributed by atoms with Gasteiger partial charge in [0, 0.05) is 11.1 Å². The van der Waals surface area contributed by atoms with E-state index in [0.717, 1.165) is 5.56 Å². The molecule has 5 heteroatoms. The molecule has 0 aliphatic carbocycles. The highest BCUT2D eigenvalue weighted by Gasteiger charge is 2.12. The van der Waals surface area contributed by atoms with Crippen LogP contribution in [0.15, 0.2) is 18.2 Å². The van der Waals surface area contributed by atoms with Crippen LogP contribution in [0.2, 0.25) is 5.02 Å². The molecule has 1 unspecified atom stereocenters. The summed E-state index contributed by atoms with van der Waals surface area (Å²) in [6.45, 7) is 6.60. The zero-order valence-corrected chi connectivity index (χ0v) is 13.0. The third-order valence-electron chi connectivity index (χ3n) is 3.18. The van der Waals surface area contributed by atoms with E-state index in [4.69, 9.17) is 22.1 Å². The first kappa shape index (κ1) is 16.8. The molecule has 3 N–H and O–H groups in total. The quantitative estimate of drug-likeness (QED) is 0.812. The van der Waals surface area contributed by atoms with Gasteiger partial charge in [-0.25, -0.2) is 0 Å². The summed E-state index contributed by atoms with van der Waals surface area (Å²) in [5, 5.41) is 3.54. The van der Waals surface area contributed by atoms with Crippen molar-refractivity contribution in [1.82, 2.24) is 5.32 Å². The Morgan fingerprint density at radius 1 is 1.40 bits per heavy atom. The van der Waals surface area contributed by atoms with E-state index in [0.29, 0.717) is 29.7 Å². The van der Waals surface area contributed by atoms with Gasteiger partial charge in [-0.05, 0) is 49.6 Å². The van der Waals surface area contributed by atoms with Crippen molar-refractivity contribution in [3.63, 3.8) is 0 Å². The maximum atomic E-state index is 11.8. The van der Waals surface area contributed by atoms with Crippen molar-refractivity contribution in [1.29, 1.82) is 0 Å². The van der Waals surface area contributed by atoms with Gasteiger partial charge in [0.1, 0.15) is 5.75 Å². The number of halogens is 1. The summed E-state index contributed by atoms with van der Waals surface area (Å²) in [5.74, 6) is 0.925. The Morgan fingerprint density at radius 3 is 2.70 bits per heavy atom. The van der Waals surface area contributed by atoms with Crippen LogP contribution in [0.25, 0.3) is 0 Å². The molecule has 0 spiro atoms. The van der Waals surface area contributed by atoms with Gasteiger partial charge in [-0.2, -0.15) is 0 Å². The highest BCUT2D eigenvalue weighted by Crippen LogP contribution is 2.23. The van der Waals surface area contributed by atoms with Gasteiger partial charge >= 0.3 is 0 Å². The molecule has 0 fully saturated rings. The van der Waals surface area contributed by atoms with Gasteiger partial charge in [-0.1, -0.05) is 25.4 Å². The van der Waals surface area contributed by atoms with Gasteiger partial charge in [-0.15, -0.1) is 0 Å². The van der Waals surface area contributed by atoms with Crippen LogP contribution < -0.4 is 15.8 Å². The molecule has 4 nitrogen and oxygen atoms in total. The molecule has 0 aliphatic rings. The fourth-order valence-corrected chi connectivity index (χ4v) is 1.84. The summed E-state index contributed by atoms with van der Waals surface area (Å²) in [7, 11) is 0. The number of carbonyl (C=O) groups is 1. The molecule has 1 amide bonds. The van der Waals surface area contributed by atoms with E-state index in [-0.39, 0.29) is 18.6 Å². The number of nitrogens with one attached hydrogen (secondary N) is 1. The third kappa shape index (κ3) is 5.39. The molecule has 1 rings (SSSR count). The molecule has 1 atom stereocenters. The number of carbonyl (C=O) groups excluding carboxylic acids is 1. The summed E-state index contributed by atoms with van der Waals surface area (Å²) in [4.78, 5) is 11.8. The fourth-order valence-electron chi connectivity index (χ4n) is 1.65. The minimum absolute atomic E-state index is 0.00371. The maximum absolute atomic E-state index is 11.8. The van der Waals surface area contributed by atoms with Gasteiger partial charge < -0.3 is 15.8 Å². The van der Waals surface area contributed by atoms with E-state index >= 15 is 0 Å². The van der Waals surface area contributed by atoms with Gasteiger partial charge in [0.05, 0.1) is 0 Å². The molecule has 0 aromatic heterocycles. The Kier molecular flexibility index (Phi) is 6.82. The van der Waals surface area contributed by atoms with E-state index in [2.05, 4.69) is 19.2 Å². The lowest BCUT2D eigenvalue weighted by molar-refractivity contribution is -0.124. The Balaban J connectivity index is 2.59. The second-order valence-electron chi connectivity index (χ2n) is 5.18. The largest absolute Gasteiger partial charge is 0.483 e. The zero-order valence-electron chi connectivity index (χ0n) is 12.3. The van der Waals surface area contributed by atoms with Gasteiger partial charge in [0.25, 0.3) is 5.91 Å². The van der Waals surface area contributed by atoms with Crippen LogP contribution >= 0.6 is 11.6 Å². The first-order valence-electron chi connectivity index (χ1n) is 6.84. The summed E-state index contributed by atoms with van der Waals surface area (Å²) >= 11 is 5.94. The molecule has 0 saturated carbocycles. The number of rotatable bonds is 7. The molecule has 0 aliphatic heterocycles. The molecule has 0 radical (unpaired) electrons. The van der Waals surface area contributed by atoms with E-state index in [9.17, 15) is 4.79 Å². The van der Waals surface area contributed by atoms with E-state index in [1.807, 2.05) is 13.0 Å². The predicted molar refractivity (Wildman–Crippen MR) is 82.1 cm³/mol. The Labute approximate surface area is 125 Å². The van der Waals surface area contributed by atoms with Gasteiger partial charge in [0.15, 0.2) is 6.61 Å². The first-order chi connectivity index (χ1) is 9.43. The molecule has 0 saturated heterocycles. The number of hydrogen-bond donors (Lipinski definition) is 2. The van der Waals surface area contributed by atoms with Crippen molar-refractivity contribution in [3.05, 3.63) is 28.8 Å². The van der Waals surface area contributed by atoms with Crippen molar-refractivity contribution >= 4 is 17.5 Å². The zero-order chi connectivity index (χ0) is 15.1. The molecule has 1 aromatic rings. The average molecular weight is 299 g/mol. The van der Waals surface area contributed by atoms with Crippen LogP contribution in [0.3, 0.4) is 0 Å². The Bertz CT molecular complexity index is 449. The van der Waals surface area contributed by atoms with E-state index < -0.39 is 0 Å². The summed E-state index contributed by atoms with van der Waals surface area (Å²) in [6, 6.07) is 5.45. The second kappa shape index (κ2) is 8.12. The topological polar surface area (TPSA) is 64.3 Å². The molecule has 20 heavy (non-hydrogen) atoms. The lowest BCUT2D eigenvalue weighted by atomic mass is 10.1. The van der Waals surface area contributed by atoms with Crippen LogP contribution in [0, 0.1) is 5.92 Å². The highest BCUT2D eigenvalue weighted by atomic mass is 35.5. The molecule has 112 valence electrons. The minimum Gasteiger partial charge on any atom is -0.483 e. The van der Waals surface area contributed by atoms with Crippen molar-refractivity contribution in [2.24, 2.45) is 11.7 Å². The van der Waals surface area contributed by atoms with E-state index in [1.165, 1.54) is 0 Å². The Hall–Kier alpha value is -1.26. The molecule has 0 bridgehead atoms. The standard InChI is InChI=1S/C15H23ClN2O2/c1-10(2)11(3)18-15(19)9-20-14-5-4-13(16)8-12(14)6-7-17/h4-5,8,10-11H,6-7,9,17H2,1-3H3,(H,18,19). The third-order valence-corrected chi connectivity index (χ3v) is 3.42. The minimum atomic E-state index is -0.125. The van der Waals surface area contributed by atoms with Gasteiger partial charge in [0.2, 0.25) is 0 Å². The predicted octanol–water partition coefficient (Wildman–Crippen LogP) is 2.38. The molecular formula is C15H23ClN2O2. The monoisotopic (exact) mass is 298 g/mol. The van der Waals surface area contributed by atoms with E-state index in [1.54, 1.807) is 12.1 Å². The number of hydrogen-bond acceptors (Lipinski definition) is 3. The van der Waals surface area contributed by atoms with Crippen LogP contribution in [0.1, 0.15) is 26.3 Å². The summed E-state index contributed by atoms with van der Waals surface area (Å²) in [5.41, 5.74) is 6.48. The Morgan fingerprint density at radius 2 is 2.10 bits per heavy atom. The average Bonchev–Trinajstić information content (AvgIpc) is 2.38. The van der Waals surface area contributed by atoms with Crippen LogP contribution in [0.4, 0.5) is 0 Å². The first-order valence-corrected chi connectivity index (χ1v) is 7.22. The SMILES string of the molecule is CC(C)C(C)NC(=O)COc1ccc(Cl)cc1CCN. The number of nitrogens with two attached hydrogens (primary N) is 1. The molecule has 0 heterocycles. The van der Waals surface area contributed by atoms with Crippen molar-refractivity contribution < 1.29 is 9.53 Å². The van der Waals surface area contributed by atoms with Crippen LogP contribution in [-0.4, -0.2) is 25.1 Å². The molecule has 1 aromatic carbocycles. The molecular weight excluding hydrogens is 276 g/mol. The number of benzene rings is 1.